The maximum absolute atomic E-state index is 13.0. The molecule has 2 atom stereocenters. The van der Waals surface area contributed by atoms with Crippen LogP contribution in [0.4, 0.5) is 18.0 Å². The third-order valence-electron chi connectivity index (χ3n) is 6.42. The molecular formula is C23H31F3N4O2. The van der Waals surface area contributed by atoms with E-state index in [-0.39, 0.29) is 36.6 Å². The number of likely N-dealkylation sites (tertiary alicyclic amines) is 2. The van der Waals surface area contributed by atoms with Gasteiger partial charge in [-0.1, -0.05) is 19.1 Å². The molecule has 0 unspecified atom stereocenters. The lowest BCUT2D eigenvalue weighted by Gasteiger charge is -2.38. The van der Waals surface area contributed by atoms with Gasteiger partial charge < -0.3 is 19.9 Å². The molecule has 4 rings (SSSR count). The lowest BCUT2D eigenvalue weighted by molar-refractivity contribution is -0.274. The number of benzene rings is 1. The summed E-state index contributed by atoms with van der Waals surface area (Å²) in [4.78, 5) is 21.2. The molecule has 6 nitrogen and oxygen atoms in total. The summed E-state index contributed by atoms with van der Waals surface area (Å²) in [5, 5.41) is 3.81. The van der Waals surface area contributed by atoms with E-state index in [4.69, 9.17) is 0 Å². The van der Waals surface area contributed by atoms with Crippen LogP contribution in [0.1, 0.15) is 39.1 Å². The van der Waals surface area contributed by atoms with Gasteiger partial charge >= 0.3 is 12.4 Å². The van der Waals surface area contributed by atoms with E-state index in [1.165, 1.54) is 12.3 Å². The molecule has 176 valence electrons. The Morgan fingerprint density at radius 1 is 1.22 bits per heavy atom. The van der Waals surface area contributed by atoms with E-state index in [0.29, 0.717) is 18.5 Å². The summed E-state index contributed by atoms with van der Waals surface area (Å²) >= 11 is 0. The first-order chi connectivity index (χ1) is 15.2. The molecule has 2 aliphatic heterocycles. The number of carbonyl (C=O) groups is 1. The van der Waals surface area contributed by atoms with Crippen LogP contribution in [0.15, 0.2) is 30.5 Å². The highest BCUT2D eigenvalue weighted by molar-refractivity contribution is 5.88. The van der Waals surface area contributed by atoms with Crippen LogP contribution < -0.4 is 10.1 Å². The van der Waals surface area contributed by atoms with Gasteiger partial charge in [0.1, 0.15) is 5.52 Å². The number of pyridine rings is 1. The molecule has 1 N–H and O–H groups in total. The molecule has 3 heterocycles. The maximum atomic E-state index is 13.0. The van der Waals surface area contributed by atoms with Crippen molar-refractivity contribution in [1.29, 1.82) is 0 Å². The van der Waals surface area contributed by atoms with Gasteiger partial charge in [0.25, 0.3) is 0 Å². The van der Waals surface area contributed by atoms with Crippen molar-refractivity contribution in [2.24, 2.45) is 5.92 Å². The predicted octanol–water partition coefficient (Wildman–Crippen LogP) is 4.61. The van der Waals surface area contributed by atoms with Crippen LogP contribution in [-0.4, -0.2) is 66.4 Å². The molecule has 32 heavy (non-hydrogen) atoms. The van der Waals surface area contributed by atoms with E-state index in [9.17, 15) is 18.0 Å². The second-order valence-electron chi connectivity index (χ2n) is 9.07. The zero-order chi connectivity index (χ0) is 22.9. The van der Waals surface area contributed by atoms with Crippen LogP contribution in [0.3, 0.4) is 0 Å². The molecule has 0 bridgehead atoms. The number of nitrogens with zero attached hydrogens (tertiary/aromatic N) is 3. The highest BCUT2D eigenvalue weighted by Gasteiger charge is 2.34. The molecule has 2 fully saturated rings. The Balaban J connectivity index is 0.00000306. The second-order valence-corrected chi connectivity index (χ2v) is 9.07. The fraction of sp³-hybridized carbons (Fsp3) is 0.565. The van der Waals surface area contributed by atoms with Gasteiger partial charge in [0.05, 0.1) is 0 Å². The normalized spacial score (nSPS) is 23.3. The minimum atomic E-state index is -4.78. The Hall–Kier alpha value is -2.55. The number of nitrogens with one attached hydrogen (secondary N) is 1. The van der Waals surface area contributed by atoms with E-state index < -0.39 is 6.36 Å². The largest absolute Gasteiger partial charge is 0.573 e. The fourth-order valence-electron chi connectivity index (χ4n) is 4.89. The molecule has 2 saturated heterocycles. The summed E-state index contributed by atoms with van der Waals surface area (Å²) in [7, 11) is 2.08. The highest BCUT2D eigenvalue weighted by Crippen LogP contribution is 2.38. The fourth-order valence-corrected chi connectivity index (χ4v) is 4.89. The first-order valence-corrected chi connectivity index (χ1v) is 11.1. The van der Waals surface area contributed by atoms with Crippen molar-refractivity contribution in [1.82, 2.24) is 20.1 Å². The number of hydrogen-bond acceptors (Lipinski definition) is 4. The van der Waals surface area contributed by atoms with Gasteiger partial charge in [0, 0.05) is 38.1 Å². The smallest absolute Gasteiger partial charge is 0.403 e. The number of rotatable bonds is 3. The SMILES string of the molecule is C[C@@H]1C[C@@H](c2ccc(OC(F)(F)F)c3ncccc23)CN(C(=O)NC2CCN(C)CC2)C1.[HH]. The first-order valence-electron chi connectivity index (χ1n) is 11.1. The van der Waals surface area contributed by atoms with E-state index >= 15 is 0 Å². The third kappa shape index (κ3) is 5.26. The zero-order valence-corrected chi connectivity index (χ0v) is 18.4. The highest BCUT2D eigenvalue weighted by atomic mass is 19.4. The van der Waals surface area contributed by atoms with Gasteiger partial charge in [-0.25, -0.2) is 4.79 Å². The van der Waals surface area contributed by atoms with Gasteiger partial charge in [-0.3, -0.25) is 4.98 Å². The van der Waals surface area contributed by atoms with Gasteiger partial charge in [-0.2, -0.15) is 0 Å². The average Bonchev–Trinajstić information content (AvgIpc) is 2.74. The molecule has 0 saturated carbocycles. The van der Waals surface area contributed by atoms with Gasteiger partial charge in [-0.15, -0.1) is 13.2 Å². The summed E-state index contributed by atoms with van der Waals surface area (Å²) in [6, 6.07) is 6.61. The quantitative estimate of drug-likeness (QED) is 0.739. The van der Waals surface area contributed by atoms with Crippen molar-refractivity contribution >= 4 is 16.9 Å². The van der Waals surface area contributed by atoms with E-state index in [0.717, 1.165) is 37.9 Å². The first kappa shape index (κ1) is 22.6. The zero-order valence-electron chi connectivity index (χ0n) is 18.4. The summed E-state index contributed by atoms with van der Waals surface area (Å²) in [5.41, 5.74) is 1.08. The van der Waals surface area contributed by atoms with E-state index in [2.05, 4.69) is 33.9 Å². The van der Waals surface area contributed by atoms with E-state index in [1.54, 1.807) is 18.2 Å². The summed E-state index contributed by atoms with van der Waals surface area (Å²) < 4.78 is 42.7. The van der Waals surface area contributed by atoms with E-state index in [1.807, 2.05) is 4.90 Å². The molecule has 0 aliphatic carbocycles. The Morgan fingerprint density at radius 2 is 1.97 bits per heavy atom. The lowest BCUT2D eigenvalue weighted by atomic mass is 9.84. The van der Waals surface area contributed by atoms with Crippen LogP contribution in [0, 0.1) is 5.92 Å². The number of alkyl halides is 3. The summed E-state index contributed by atoms with van der Waals surface area (Å²) in [6.07, 6.45) is -0.603. The predicted molar refractivity (Wildman–Crippen MR) is 118 cm³/mol. The Bertz CT molecular complexity index is 966. The van der Waals surface area contributed by atoms with Crippen molar-refractivity contribution in [3.05, 3.63) is 36.0 Å². The Labute approximate surface area is 187 Å². The number of urea groups is 1. The molecule has 2 amide bonds. The summed E-state index contributed by atoms with van der Waals surface area (Å²) in [5.74, 6) is -0.0268. The molecule has 0 spiro atoms. The van der Waals surface area contributed by atoms with Crippen LogP contribution in [0.25, 0.3) is 10.9 Å². The maximum Gasteiger partial charge on any atom is 0.573 e. The second kappa shape index (κ2) is 9.13. The van der Waals surface area contributed by atoms with Crippen LogP contribution >= 0.6 is 0 Å². The van der Waals surface area contributed by atoms with Gasteiger partial charge in [-0.05, 0) is 63.0 Å². The number of halogens is 3. The minimum Gasteiger partial charge on any atom is -0.403 e. The number of carbonyl (C=O) groups excluding carboxylic acids is 1. The molecule has 9 heteroatoms. The molecule has 2 aromatic rings. The number of hydrogen-bond donors (Lipinski definition) is 1. The number of ether oxygens (including phenoxy) is 1. The van der Waals surface area contributed by atoms with Crippen LogP contribution in [0.5, 0.6) is 5.75 Å². The molecule has 2 aliphatic rings. The Kier molecular flexibility index (Phi) is 6.46. The monoisotopic (exact) mass is 452 g/mol. The number of piperidine rings is 2. The topological polar surface area (TPSA) is 57.7 Å². The molecule has 1 aromatic carbocycles. The van der Waals surface area contributed by atoms with Crippen LogP contribution in [-0.2, 0) is 0 Å². The average molecular weight is 453 g/mol. The lowest BCUT2D eigenvalue weighted by Crippen LogP contribution is -2.52. The standard InChI is InChI=1S/C23H29F3N4O2.H2/c1-15-12-16(14-30(13-15)22(31)28-17-7-10-29(2)11-8-17)18-5-6-20(32-23(24,25)26)21-19(18)4-3-9-27-21;/h3-6,9,15-17H,7-8,10-14H2,1-2H3,(H,28,31);1H/t15-,16-;/m1./s1. The van der Waals surface area contributed by atoms with Gasteiger partial charge in [0.2, 0.25) is 0 Å². The number of aromatic nitrogens is 1. The minimum absolute atomic E-state index is 0. The summed E-state index contributed by atoms with van der Waals surface area (Å²) in [6.45, 7) is 5.22. The van der Waals surface area contributed by atoms with Crippen molar-refractivity contribution in [3.8, 4) is 5.75 Å². The number of amides is 2. The van der Waals surface area contributed by atoms with Crippen molar-refractivity contribution in [2.75, 3.05) is 33.2 Å². The Morgan fingerprint density at radius 3 is 2.69 bits per heavy atom. The van der Waals surface area contributed by atoms with Crippen molar-refractivity contribution in [2.45, 2.75) is 44.5 Å². The number of fused-ring (bicyclic) bond motifs is 1. The van der Waals surface area contributed by atoms with Crippen LogP contribution in [0.2, 0.25) is 0 Å². The van der Waals surface area contributed by atoms with Crippen molar-refractivity contribution < 1.29 is 24.1 Å². The van der Waals surface area contributed by atoms with Crippen molar-refractivity contribution in [3.63, 3.8) is 0 Å². The molecule has 0 radical (unpaired) electrons. The molecular weight excluding hydrogens is 421 g/mol. The molecule has 1 aromatic heterocycles. The van der Waals surface area contributed by atoms with Gasteiger partial charge in [0.15, 0.2) is 5.75 Å². The third-order valence-corrected chi connectivity index (χ3v) is 6.42.